The van der Waals surface area contributed by atoms with Crippen LogP contribution in [0, 0.1) is 13.8 Å². The lowest BCUT2D eigenvalue weighted by Crippen LogP contribution is -2.49. The highest BCUT2D eigenvalue weighted by atomic mass is 32.2. The summed E-state index contributed by atoms with van der Waals surface area (Å²) < 4.78 is 40.6. The fourth-order valence-electron chi connectivity index (χ4n) is 3.90. The van der Waals surface area contributed by atoms with Crippen LogP contribution in [0.2, 0.25) is 0 Å². The summed E-state index contributed by atoms with van der Waals surface area (Å²) >= 11 is 0. The van der Waals surface area contributed by atoms with Gasteiger partial charge in [-0.3, -0.25) is 9.78 Å². The molecule has 4 rings (SSSR count). The minimum absolute atomic E-state index is 0.0944. The fourth-order valence-corrected chi connectivity index (χ4v) is 5.54. The van der Waals surface area contributed by atoms with E-state index in [1.165, 1.54) is 16.4 Å². The number of nitrogens with zero attached hydrogens (tertiary/aromatic N) is 3. The van der Waals surface area contributed by atoms with Crippen LogP contribution in [0.25, 0.3) is 0 Å². The smallest absolute Gasteiger partial charge is 0.256 e. The van der Waals surface area contributed by atoms with Crippen molar-refractivity contribution < 1.29 is 17.6 Å². The molecule has 0 saturated carbocycles. The van der Waals surface area contributed by atoms with Crippen LogP contribution < -0.4 is 0 Å². The third-order valence-corrected chi connectivity index (χ3v) is 7.30. The SMILES string of the molecule is Cc1cc2c(cn1)C(=O)N1CCN(S(=O)(=O)c3ccc(CF)cc3C)CC21. The molecule has 1 saturated heterocycles. The number of carbonyl (C=O) groups excluding carboxylic acids is 1. The third-order valence-electron chi connectivity index (χ3n) is 5.28. The minimum atomic E-state index is -3.73. The van der Waals surface area contributed by atoms with Gasteiger partial charge in [0.1, 0.15) is 6.67 Å². The summed E-state index contributed by atoms with van der Waals surface area (Å²) in [7, 11) is -3.73. The Bertz CT molecular complexity index is 1040. The van der Waals surface area contributed by atoms with Crippen LogP contribution in [0.3, 0.4) is 0 Å². The number of piperazine rings is 1. The van der Waals surface area contributed by atoms with Gasteiger partial charge in [0.15, 0.2) is 0 Å². The summed E-state index contributed by atoms with van der Waals surface area (Å²) in [5, 5.41) is 0. The van der Waals surface area contributed by atoms with E-state index in [2.05, 4.69) is 4.98 Å². The number of aryl methyl sites for hydroxylation is 2. The van der Waals surface area contributed by atoms with E-state index in [-0.39, 0.29) is 29.9 Å². The van der Waals surface area contributed by atoms with Gasteiger partial charge >= 0.3 is 0 Å². The van der Waals surface area contributed by atoms with E-state index in [0.29, 0.717) is 23.2 Å². The van der Waals surface area contributed by atoms with Crippen LogP contribution in [0.1, 0.15) is 38.8 Å². The highest BCUT2D eigenvalue weighted by Gasteiger charge is 2.43. The van der Waals surface area contributed by atoms with E-state index < -0.39 is 16.7 Å². The summed E-state index contributed by atoms with van der Waals surface area (Å²) in [6.45, 7) is 3.66. The molecule has 2 aliphatic rings. The zero-order valence-electron chi connectivity index (χ0n) is 15.1. The third kappa shape index (κ3) is 2.83. The number of aromatic nitrogens is 1. The average molecular weight is 389 g/mol. The van der Waals surface area contributed by atoms with Gasteiger partial charge in [-0.2, -0.15) is 4.31 Å². The number of benzene rings is 1. The maximum Gasteiger partial charge on any atom is 0.256 e. The molecule has 1 aromatic carbocycles. The first kappa shape index (κ1) is 18.1. The molecule has 0 spiro atoms. The molecule has 1 amide bonds. The molecule has 1 fully saturated rings. The predicted octanol–water partition coefficient (Wildman–Crippen LogP) is 2.37. The summed E-state index contributed by atoms with van der Waals surface area (Å²) in [5.74, 6) is -0.0944. The number of amides is 1. The number of rotatable bonds is 3. The lowest BCUT2D eigenvalue weighted by Gasteiger charge is -2.37. The van der Waals surface area contributed by atoms with Crippen molar-refractivity contribution in [3.05, 3.63) is 58.4 Å². The molecule has 142 valence electrons. The molecule has 27 heavy (non-hydrogen) atoms. The molecule has 3 heterocycles. The van der Waals surface area contributed by atoms with Crippen LogP contribution in [-0.2, 0) is 16.7 Å². The van der Waals surface area contributed by atoms with Crippen LogP contribution in [0.4, 0.5) is 4.39 Å². The Labute approximate surface area is 157 Å². The molecule has 6 nitrogen and oxygen atoms in total. The van der Waals surface area contributed by atoms with E-state index in [0.717, 1.165) is 11.3 Å². The number of pyridine rings is 1. The van der Waals surface area contributed by atoms with E-state index in [4.69, 9.17) is 0 Å². The zero-order valence-corrected chi connectivity index (χ0v) is 16.0. The Hall–Kier alpha value is -2.32. The van der Waals surface area contributed by atoms with Gasteiger partial charge < -0.3 is 4.90 Å². The van der Waals surface area contributed by atoms with E-state index in [1.54, 1.807) is 24.1 Å². The number of carbonyl (C=O) groups is 1. The minimum Gasteiger partial charge on any atom is -0.329 e. The highest BCUT2D eigenvalue weighted by Crippen LogP contribution is 2.37. The first-order valence-corrected chi connectivity index (χ1v) is 10.2. The summed E-state index contributed by atoms with van der Waals surface area (Å²) in [6, 6.07) is 6.08. The van der Waals surface area contributed by atoms with Gasteiger partial charge in [-0.25, -0.2) is 12.8 Å². The fraction of sp³-hybridized carbons (Fsp3) is 0.368. The van der Waals surface area contributed by atoms with Gasteiger partial charge in [-0.15, -0.1) is 0 Å². The van der Waals surface area contributed by atoms with Crippen molar-refractivity contribution in [3.63, 3.8) is 0 Å². The Kier molecular flexibility index (Phi) is 4.27. The highest BCUT2D eigenvalue weighted by molar-refractivity contribution is 7.89. The van der Waals surface area contributed by atoms with Gasteiger partial charge in [0.2, 0.25) is 10.0 Å². The quantitative estimate of drug-likeness (QED) is 0.808. The van der Waals surface area contributed by atoms with Crippen molar-refractivity contribution in [3.8, 4) is 0 Å². The van der Waals surface area contributed by atoms with Crippen molar-refractivity contribution in [2.45, 2.75) is 31.5 Å². The second-order valence-corrected chi connectivity index (χ2v) is 8.93. The monoisotopic (exact) mass is 389 g/mol. The maximum atomic E-state index is 13.2. The molecule has 2 aromatic rings. The van der Waals surface area contributed by atoms with E-state index in [1.807, 2.05) is 13.0 Å². The second-order valence-electron chi connectivity index (χ2n) is 7.02. The van der Waals surface area contributed by atoms with Crippen molar-refractivity contribution in [1.29, 1.82) is 0 Å². The molecule has 0 radical (unpaired) electrons. The molecular formula is C19H20FN3O3S. The first-order chi connectivity index (χ1) is 12.8. The topological polar surface area (TPSA) is 70.6 Å². The van der Waals surface area contributed by atoms with E-state index in [9.17, 15) is 17.6 Å². The maximum absolute atomic E-state index is 13.2. The number of fused-ring (bicyclic) bond motifs is 3. The van der Waals surface area contributed by atoms with Crippen LogP contribution in [0.5, 0.6) is 0 Å². The van der Waals surface area contributed by atoms with Gasteiger partial charge in [-0.1, -0.05) is 12.1 Å². The number of sulfonamides is 1. The number of alkyl halides is 1. The van der Waals surface area contributed by atoms with Crippen molar-refractivity contribution in [1.82, 2.24) is 14.2 Å². The Balaban J connectivity index is 1.68. The van der Waals surface area contributed by atoms with Gasteiger partial charge in [0.25, 0.3) is 5.91 Å². The Morgan fingerprint density at radius 3 is 2.70 bits per heavy atom. The van der Waals surface area contributed by atoms with Gasteiger partial charge in [0, 0.05) is 31.5 Å². The molecule has 1 atom stereocenters. The molecule has 2 aliphatic heterocycles. The van der Waals surface area contributed by atoms with Crippen molar-refractivity contribution in [2.75, 3.05) is 19.6 Å². The Morgan fingerprint density at radius 2 is 2.00 bits per heavy atom. The largest absolute Gasteiger partial charge is 0.329 e. The molecule has 1 unspecified atom stereocenters. The zero-order chi connectivity index (χ0) is 19.3. The lowest BCUT2D eigenvalue weighted by atomic mass is 10.1. The molecule has 0 N–H and O–H groups in total. The summed E-state index contributed by atoms with van der Waals surface area (Å²) in [4.78, 5) is 18.7. The molecule has 0 aliphatic carbocycles. The van der Waals surface area contributed by atoms with Crippen LogP contribution in [-0.4, -0.2) is 48.1 Å². The number of halogens is 1. The van der Waals surface area contributed by atoms with Crippen molar-refractivity contribution >= 4 is 15.9 Å². The second kappa shape index (κ2) is 6.38. The standard InChI is InChI=1S/C19H20FN3O3S/c1-12-7-14(9-20)3-4-18(12)27(25,26)22-5-6-23-17(11-22)15-8-13(2)21-10-16(15)19(23)24/h3-4,7-8,10,17H,5-6,9,11H2,1-2H3. The normalized spacial score (nSPS) is 19.9. The molecular weight excluding hydrogens is 369 g/mol. The average Bonchev–Trinajstić information content (AvgIpc) is 2.92. The summed E-state index contributed by atoms with van der Waals surface area (Å²) in [5.41, 5.74) is 3.15. The van der Waals surface area contributed by atoms with Gasteiger partial charge in [-0.05, 0) is 42.7 Å². The van der Waals surface area contributed by atoms with Crippen LogP contribution in [0.15, 0.2) is 35.4 Å². The van der Waals surface area contributed by atoms with Crippen molar-refractivity contribution in [2.24, 2.45) is 0 Å². The first-order valence-electron chi connectivity index (χ1n) is 8.76. The number of hydrogen-bond acceptors (Lipinski definition) is 4. The Morgan fingerprint density at radius 1 is 1.22 bits per heavy atom. The predicted molar refractivity (Wildman–Crippen MR) is 97.5 cm³/mol. The van der Waals surface area contributed by atoms with Crippen LogP contribution >= 0.6 is 0 Å². The van der Waals surface area contributed by atoms with E-state index >= 15 is 0 Å². The van der Waals surface area contributed by atoms with Gasteiger partial charge in [0.05, 0.1) is 16.5 Å². The number of hydrogen-bond donors (Lipinski definition) is 0. The molecule has 8 heteroatoms. The summed E-state index contributed by atoms with van der Waals surface area (Å²) in [6.07, 6.45) is 1.57. The molecule has 0 bridgehead atoms. The lowest BCUT2D eigenvalue weighted by molar-refractivity contribution is 0.0628. The molecule has 1 aromatic heterocycles.